The van der Waals surface area contributed by atoms with E-state index < -0.39 is 24.8 Å². The van der Waals surface area contributed by atoms with E-state index >= 15 is 0 Å². The van der Waals surface area contributed by atoms with Crippen LogP contribution in [0.25, 0.3) is 11.4 Å². The highest BCUT2D eigenvalue weighted by molar-refractivity contribution is 6.31. The molecule has 0 fully saturated rings. The summed E-state index contributed by atoms with van der Waals surface area (Å²) in [6.45, 7) is -0.782. The van der Waals surface area contributed by atoms with E-state index in [1.807, 2.05) is 12.1 Å². The Kier molecular flexibility index (Phi) is 6.57. The van der Waals surface area contributed by atoms with Crippen LogP contribution in [0.1, 0.15) is 23.7 Å². The van der Waals surface area contributed by atoms with Crippen LogP contribution in [0.4, 0.5) is 13.2 Å². The van der Waals surface area contributed by atoms with Gasteiger partial charge in [0.05, 0.1) is 6.42 Å². The van der Waals surface area contributed by atoms with E-state index in [0.717, 1.165) is 14.8 Å². The van der Waals surface area contributed by atoms with Gasteiger partial charge in [0.1, 0.15) is 6.54 Å². The molecule has 2 aromatic carbocycles. The molecule has 0 saturated carbocycles. The fourth-order valence-corrected chi connectivity index (χ4v) is 3.49. The third-order valence-electron chi connectivity index (χ3n) is 4.75. The summed E-state index contributed by atoms with van der Waals surface area (Å²) < 4.78 is 45.6. The third-order valence-corrected chi connectivity index (χ3v) is 5.37. The Morgan fingerprint density at radius 3 is 2.45 bits per heavy atom. The van der Waals surface area contributed by atoms with Gasteiger partial charge in [0.2, 0.25) is 5.89 Å². The zero-order valence-corrected chi connectivity index (χ0v) is 18.4. The van der Waals surface area contributed by atoms with Gasteiger partial charge in [-0.1, -0.05) is 46.6 Å². The molecule has 4 rings (SSSR count). The molecule has 0 amide bonds. The van der Waals surface area contributed by atoms with Crippen molar-refractivity contribution in [3.8, 4) is 11.4 Å². The van der Waals surface area contributed by atoms with Crippen molar-refractivity contribution >= 4 is 23.2 Å². The molecule has 7 nitrogen and oxygen atoms in total. The molecule has 0 saturated heterocycles. The van der Waals surface area contributed by atoms with Crippen LogP contribution in [0.5, 0.6) is 0 Å². The zero-order valence-electron chi connectivity index (χ0n) is 16.9. The Balaban J connectivity index is 1.61. The predicted octanol–water partition coefficient (Wildman–Crippen LogP) is 4.99. The molecule has 4 aromatic rings. The highest BCUT2D eigenvalue weighted by Gasteiger charge is 2.28. The van der Waals surface area contributed by atoms with Crippen LogP contribution in [-0.4, -0.2) is 30.7 Å². The standard InChI is InChI=1S/C21H16Cl2F3N5O2/c22-15-7-5-13(6-8-15)19-28-31(20(32)30(19)10-9-21(24,25)26)12-18-27-17(29-33-18)11-14-3-1-2-4-16(14)23/h1-8H,9-12H2. The second-order valence-corrected chi connectivity index (χ2v) is 8.00. The lowest BCUT2D eigenvalue weighted by atomic mass is 10.1. The molecule has 0 atom stereocenters. The van der Waals surface area contributed by atoms with Gasteiger partial charge < -0.3 is 4.52 Å². The lowest BCUT2D eigenvalue weighted by Gasteiger charge is -2.08. The predicted molar refractivity (Wildman–Crippen MR) is 115 cm³/mol. The summed E-state index contributed by atoms with van der Waals surface area (Å²) in [5, 5.41) is 9.10. The summed E-state index contributed by atoms with van der Waals surface area (Å²) >= 11 is 12.0. The van der Waals surface area contributed by atoms with Gasteiger partial charge in [0.25, 0.3) is 0 Å². The van der Waals surface area contributed by atoms with Crippen LogP contribution in [0.2, 0.25) is 10.0 Å². The van der Waals surface area contributed by atoms with E-state index in [-0.39, 0.29) is 18.3 Å². The van der Waals surface area contributed by atoms with Gasteiger partial charge in [-0.3, -0.25) is 4.57 Å². The highest BCUT2D eigenvalue weighted by Crippen LogP contribution is 2.23. The van der Waals surface area contributed by atoms with Crippen molar-refractivity contribution in [1.82, 2.24) is 24.5 Å². The molecule has 172 valence electrons. The maximum atomic E-state index is 12.9. The van der Waals surface area contributed by atoms with Crippen molar-refractivity contribution in [3.05, 3.63) is 86.3 Å². The third kappa shape index (κ3) is 5.63. The normalized spacial score (nSPS) is 11.8. The lowest BCUT2D eigenvalue weighted by Crippen LogP contribution is -2.27. The number of aromatic nitrogens is 5. The van der Waals surface area contributed by atoms with Crippen LogP contribution in [-0.2, 0) is 19.5 Å². The first-order chi connectivity index (χ1) is 15.7. The molecule has 2 aromatic heterocycles. The van der Waals surface area contributed by atoms with Crippen molar-refractivity contribution in [2.75, 3.05) is 0 Å². The fraction of sp³-hybridized carbons (Fsp3) is 0.238. The minimum Gasteiger partial charge on any atom is -0.337 e. The van der Waals surface area contributed by atoms with Gasteiger partial charge in [-0.2, -0.15) is 18.2 Å². The molecule has 2 heterocycles. The van der Waals surface area contributed by atoms with Gasteiger partial charge in [-0.25, -0.2) is 9.48 Å². The molecule has 0 spiro atoms. The average Bonchev–Trinajstić information content (AvgIpc) is 3.33. The minimum atomic E-state index is -4.43. The molecule has 12 heteroatoms. The largest absolute Gasteiger partial charge is 0.390 e. The number of hydrogen-bond acceptors (Lipinski definition) is 5. The van der Waals surface area contributed by atoms with Gasteiger partial charge in [0.15, 0.2) is 11.6 Å². The number of rotatable bonds is 7. The molecule has 0 aliphatic rings. The summed E-state index contributed by atoms with van der Waals surface area (Å²) in [5.41, 5.74) is 0.516. The zero-order chi connectivity index (χ0) is 23.6. The number of halogens is 5. The maximum absolute atomic E-state index is 12.9. The molecular formula is C21H16Cl2F3N5O2. The summed E-state index contributed by atoms with van der Waals surface area (Å²) in [7, 11) is 0. The van der Waals surface area contributed by atoms with E-state index in [9.17, 15) is 18.0 Å². The lowest BCUT2D eigenvalue weighted by molar-refractivity contribution is -0.136. The molecule has 0 bridgehead atoms. The van der Waals surface area contributed by atoms with E-state index in [1.54, 1.807) is 36.4 Å². The monoisotopic (exact) mass is 497 g/mol. The Morgan fingerprint density at radius 2 is 1.76 bits per heavy atom. The molecule has 33 heavy (non-hydrogen) atoms. The number of hydrogen-bond donors (Lipinski definition) is 0. The van der Waals surface area contributed by atoms with Crippen molar-refractivity contribution in [2.45, 2.75) is 32.1 Å². The first-order valence-corrected chi connectivity index (χ1v) is 10.5. The summed E-state index contributed by atoms with van der Waals surface area (Å²) in [6.07, 6.45) is -5.30. The second kappa shape index (κ2) is 9.40. The van der Waals surface area contributed by atoms with E-state index in [2.05, 4.69) is 15.2 Å². The number of nitrogens with zero attached hydrogens (tertiary/aromatic N) is 5. The number of benzene rings is 2. The fourth-order valence-electron chi connectivity index (χ4n) is 3.16. The molecular weight excluding hydrogens is 482 g/mol. The van der Waals surface area contributed by atoms with Crippen LogP contribution in [0.15, 0.2) is 57.8 Å². The molecule has 0 N–H and O–H groups in total. The Hall–Kier alpha value is -3.11. The first-order valence-electron chi connectivity index (χ1n) is 9.75. The second-order valence-electron chi connectivity index (χ2n) is 7.16. The summed E-state index contributed by atoms with van der Waals surface area (Å²) in [6, 6.07) is 13.5. The first kappa shape index (κ1) is 23.1. The van der Waals surface area contributed by atoms with Gasteiger partial charge >= 0.3 is 11.9 Å². The topological polar surface area (TPSA) is 78.7 Å². The van der Waals surface area contributed by atoms with Gasteiger partial charge in [-0.05, 0) is 35.9 Å². The molecule has 0 radical (unpaired) electrons. The summed E-state index contributed by atoms with van der Waals surface area (Å²) in [4.78, 5) is 17.1. The van der Waals surface area contributed by atoms with Crippen LogP contribution in [0, 0.1) is 0 Å². The van der Waals surface area contributed by atoms with Crippen LogP contribution >= 0.6 is 23.2 Å². The Bertz CT molecular complexity index is 1310. The molecule has 0 aliphatic carbocycles. The van der Waals surface area contributed by atoms with Crippen molar-refractivity contribution in [2.24, 2.45) is 0 Å². The number of alkyl halides is 3. The van der Waals surface area contributed by atoms with Gasteiger partial charge in [-0.15, -0.1) is 5.10 Å². The Morgan fingerprint density at radius 1 is 1.03 bits per heavy atom. The van der Waals surface area contributed by atoms with Crippen molar-refractivity contribution < 1.29 is 17.7 Å². The van der Waals surface area contributed by atoms with E-state index in [0.29, 0.717) is 27.9 Å². The van der Waals surface area contributed by atoms with E-state index in [4.69, 9.17) is 27.7 Å². The minimum absolute atomic E-state index is 0.0803. The average molecular weight is 498 g/mol. The van der Waals surface area contributed by atoms with Crippen LogP contribution < -0.4 is 5.69 Å². The smallest absolute Gasteiger partial charge is 0.337 e. The quantitative estimate of drug-likeness (QED) is 0.359. The molecule has 0 aliphatic heterocycles. The SMILES string of the molecule is O=c1n(Cc2nc(Cc3ccccc3Cl)no2)nc(-c2ccc(Cl)cc2)n1CCC(F)(F)F. The Labute approximate surface area is 195 Å². The summed E-state index contributed by atoms with van der Waals surface area (Å²) in [5.74, 6) is 0.514. The highest BCUT2D eigenvalue weighted by atomic mass is 35.5. The van der Waals surface area contributed by atoms with Gasteiger partial charge in [0, 0.05) is 28.6 Å². The van der Waals surface area contributed by atoms with Crippen LogP contribution in [0.3, 0.4) is 0 Å². The maximum Gasteiger partial charge on any atom is 0.390 e. The van der Waals surface area contributed by atoms with Crippen molar-refractivity contribution in [3.63, 3.8) is 0 Å². The molecule has 0 unspecified atom stereocenters. The van der Waals surface area contributed by atoms with Crippen molar-refractivity contribution in [1.29, 1.82) is 0 Å². The van der Waals surface area contributed by atoms with E-state index in [1.165, 1.54) is 0 Å².